The van der Waals surface area contributed by atoms with E-state index in [-0.39, 0.29) is 21.3 Å². The molecule has 2 aromatic carbocycles. The molecule has 0 radical (unpaired) electrons. The first-order chi connectivity index (χ1) is 11.5. The highest BCUT2D eigenvalue weighted by Crippen LogP contribution is 2.16. The molecular formula is C16H11ClN2O4S. The number of fused-ring (bicyclic) bond motifs is 1. The van der Waals surface area contributed by atoms with E-state index in [1.807, 2.05) is 4.83 Å². The second-order valence-electron chi connectivity index (χ2n) is 4.83. The molecule has 8 heteroatoms. The SMILES string of the molecule is O=c1c(C=NNS(=O)(=O)c2ccccc2)coc2ccc(Cl)cc12. The Morgan fingerprint density at radius 2 is 1.88 bits per heavy atom. The first-order valence-electron chi connectivity index (χ1n) is 6.78. The smallest absolute Gasteiger partial charge is 0.276 e. The van der Waals surface area contributed by atoms with Crippen molar-refractivity contribution >= 4 is 38.8 Å². The van der Waals surface area contributed by atoms with Crippen LogP contribution in [0.4, 0.5) is 0 Å². The molecule has 0 fully saturated rings. The first-order valence-corrected chi connectivity index (χ1v) is 8.64. The predicted octanol–water partition coefficient (Wildman–Crippen LogP) is 2.76. The molecule has 0 aliphatic heterocycles. The molecule has 1 N–H and O–H groups in total. The van der Waals surface area contributed by atoms with Gasteiger partial charge in [-0.2, -0.15) is 13.5 Å². The number of halogens is 1. The van der Waals surface area contributed by atoms with Gasteiger partial charge >= 0.3 is 0 Å². The fourth-order valence-electron chi connectivity index (χ4n) is 2.03. The molecule has 1 heterocycles. The van der Waals surface area contributed by atoms with Crippen molar-refractivity contribution in [1.82, 2.24) is 4.83 Å². The van der Waals surface area contributed by atoms with Gasteiger partial charge in [-0.3, -0.25) is 4.79 Å². The summed E-state index contributed by atoms with van der Waals surface area (Å²) in [6.07, 6.45) is 2.30. The number of nitrogens with one attached hydrogen (secondary N) is 1. The van der Waals surface area contributed by atoms with Crippen LogP contribution >= 0.6 is 11.6 Å². The molecule has 122 valence electrons. The van der Waals surface area contributed by atoms with Gasteiger partial charge in [0.15, 0.2) is 0 Å². The minimum Gasteiger partial charge on any atom is -0.463 e. The summed E-state index contributed by atoms with van der Waals surface area (Å²) in [4.78, 5) is 14.4. The highest BCUT2D eigenvalue weighted by Gasteiger charge is 2.11. The van der Waals surface area contributed by atoms with Crippen molar-refractivity contribution in [2.24, 2.45) is 5.10 Å². The van der Waals surface area contributed by atoms with Crippen molar-refractivity contribution in [2.75, 3.05) is 0 Å². The average Bonchev–Trinajstić information content (AvgIpc) is 2.58. The molecule has 0 amide bonds. The van der Waals surface area contributed by atoms with Crippen molar-refractivity contribution < 1.29 is 12.8 Å². The van der Waals surface area contributed by atoms with E-state index >= 15 is 0 Å². The average molecular weight is 363 g/mol. The predicted molar refractivity (Wildman–Crippen MR) is 91.9 cm³/mol. The quantitative estimate of drug-likeness (QED) is 0.571. The molecule has 0 atom stereocenters. The Bertz CT molecular complexity index is 1080. The van der Waals surface area contributed by atoms with Crippen LogP contribution in [-0.4, -0.2) is 14.6 Å². The third kappa shape index (κ3) is 3.32. The van der Waals surface area contributed by atoms with Crippen LogP contribution in [0, 0.1) is 0 Å². The van der Waals surface area contributed by atoms with Crippen molar-refractivity contribution in [3.05, 3.63) is 75.6 Å². The Morgan fingerprint density at radius 3 is 2.62 bits per heavy atom. The largest absolute Gasteiger partial charge is 0.463 e. The van der Waals surface area contributed by atoms with Crippen LogP contribution in [0.5, 0.6) is 0 Å². The van der Waals surface area contributed by atoms with E-state index < -0.39 is 10.0 Å². The minimum atomic E-state index is -3.79. The summed E-state index contributed by atoms with van der Waals surface area (Å²) < 4.78 is 29.4. The van der Waals surface area contributed by atoms with Gasteiger partial charge in [-0.15, -0.1) is 0 Å². The number of nitrogens with zero attached hydrogens (tertiary/aromatic N) is 1. The zero-order chi connectivity index (χ0) is 17.2. The topological polar surface area (TPSA) is 88.7 Å². The number of hydrogen-bond donors (Lipinski definition) is 1. The number of rotatable bonds is 4. The van der Waals surface area contributed by atoms with Gasteiger partial charge in [0.05, 0.1) is 22.1 Å². The summed E-state index contributed by atoms with van der Waals surface area (Å²) in [5, 5.41) is 4.31. The first kappa shape index (κ1) is 16.2. The second kappa shape index (κ2) is 6.46. The van der Waals surface area contributed by atoms with Crippen LogP contribution in [0.1, 0.15) is 5.56 Å². The minimum absolute atomic E-state index is 0.0690. The molecule has 3 aromatic rings. The summed E-state index contributed by atoms with van der Waals surface area (Å²) in [5.74, 6) is 0. The summed E-state index contributed by atoms with van der Waals surface area (Å²) in [5.41, 5.74) is 0.119. The van der Waals surface area contributed by atoms with E-state index in [1.165, 1.54) is 24.5 Å². The Balaban J connectivity index is 1.89. The molecule has 0 bridgehead atoms. The molecule has 0 spiro atoms. The number of sulfonamides is 1. The van der Waals surface area contributed by atoms with Crippen LogP contribution in [0.3, 0.4) is 0 Å². The van der Waals surface area contributed by atoms with Crippen molar-refractivity contribution in [1.29, 1.82) is 0 Å². The van der Waals surface area contributed by atoms with E-state index in [9.17, 15) is 13.2 Å². The van der Waals surface area contributed by atoms with Gasteiger partial charge in [-0.05, 0) is 30.3 Å². The van der Waals surface area contributed by atoms with E-state index in [0.717, 1.165) is 6.21 Å². The molecule has 0 aliphatic carbocycles. The van der Waals surface area contributed by atoms with E-state index in [2.05, 4.69) is 5.10 Å². The summed E-state index contributed by atoms with van der Waals surface area (Å²) in [6, 6.07) is 12.4. The Labute approximate surface area is 142 Å². The van der Waals surface area contributed by atoms with Gasteiger partial charge < -0.3 is 4.42 Å². The normalized spacial score (nSPS) is 11.9. The third-order valence-electron chi connectivity index (χ3n) is 3.19. The molecule has 6 nitrogen and oxygen atoms in total. The Hall–Kier alpha value is -2.64. The molecular weight excluding hydrogens is 352 g/mol. The molecule has 24 heavy (non-hydrogen) atoms. The van der Waals surface area contributed by atoms with E-state index in [1.54, 1.807) is 30.3 Å². The number of hydrogen-bond acceptors (Lipinski definition) is 5. The third-order valence-corrected chi connectivity index (χ3v) is 4.66. The van der Waals surface area contributed by atoms with Crippen LogP contribution in [-0.2, 0) is 10.0 Å². The Morgan fingerprint density at radius 1 is 1.12 bits per heavy atom. The maximum atomic E-state index is 12.3. The lowest BCUT2D eigenvalue weighted by Crippen LogP contribution is -2.19. The maximum Gasteiger partial charge on any atom is 0.276 e. The number of hydrazone groups is 1. The molecule has 0 saturated heterocycles. The van der Waals surface area contributed by atoms with Crippen LogP contribution in [0.2, 0.25) is 5.02 Å². The van der Waals surface area contributed by atoms with E-state index in [0.29, 0.717) is 10.6 Å². The Kier molecular flexibility index (Phi) is 4.37. The summed E-state index contributed by atoms with van der Waals surface area (Å²) in [7, 11) is -3.79. The lowest BCUT2D eigenvalue weighted by Gasteiger charge is -2.02. The zero-order valence-corrected chi connectivity index (χ0v) is 13.7. The zero-order valence-electron chi connectivity index (χ0n) is 12.1. The van der Waals surface area contributed by atoms with Gasteiger partial charge in [0.1, 0.15) is 11.8 Å². The fraction of sp³-hybridized carbons (Fsp3) is 0. The monoisotopic (exact) mass is 362 g/mol. The summed E-state index contributed by atoms with van der Waals surface area (Å²) in [6.45, 7) is 0. The van der Waals surface area contributed by atoms with Gasteiger partial charge in [0.2, 0.25) is 5.43 Å². The summed E-state index contributed by atoms with van der Waals surface area (Å²) >= 11 is 5.87. The fourth-order valence-corrected chi connectivity index (χ4v) is 3.01. The van der Waals surface area contributed by atoms with Gasteiger partial charge in [-0.25, -0.2) is 4.83 Å². The van der Waals surface area contributed by atoms with Gasteiger partial charge in [0.25, 0.3) is 10.0 Å². The molecule has 3 rings (SSSR count). The van der Waals surface area contributed by atoms with Gasteiger partial charge in [-0.1, -0.05) is 29.8 Å². The van der Waals surface area contributed by atoms with Gasteiger partial charge in [0, 0.05) is 5.02 Å². The van der Waals surface area contributed by atoms with E-state index in [4.69, 9.17) is 16.0 Å². The number of benzene rings is 2. The molecule has 0 saturated carbocycles. The van der Waals surface area contributed by atoms with Crippen LogP contribution < -0.4 is 10.3 Å². The molecule has 0 unspecified atom stereocenters. The van der Waals surface area contributed by atoms with Crippen molar-refractivity contribution in [3.63, 3.8) is 0 Å². The highest BCUT2D eigenvalue weighted by molar-refractivity contribution is 7.89. The lowest BCUT2D eigenvalue weighted by molar-refractivity contribution is 0.584. The maximum absolute atomic E-state index is 12.3. The molecule has 0 aliphatic rings. The van der Waals surface area contributed by atoms with Crippen LogP contribution in [0.25, 0.3) is 11.0 Å². The van der Waals surface area contributed by atoms with Crippen LogP contribution in [0.15, 0.2) is 74.0 Å². The standard InChI is InChI=1S/C16H11ClN2O4S/c17-12-6-7-15-14(8-12)16(20)11(10-23-15)9-18-19-24(21,22)13-4-2-1-3-5-13/h1-10,19H. The lowest BCUT2D eigenvalue weighted by atomic mass is 10.2. The van der Waals surface area contributed by atoms with Crippen molar-refractivity contribution in [2.45, 2.75) is 4.90 Å². The van der Waals surface area contributed by atoms with Crippen molar-refractivity contribution in [3.8, 4) is 0 Å². The highest BCUT2D eigenvalue weighted by atomic mass is 35.5. The second-order valence-corrected chi connectivity index (χ2v) is 6.92. The molecule has 1 aromatic heterocycles.